The number of anilines is 1. The molecule has 6 nitrogen and oxygen atoms in total. The van der Waals surface area contributed by atoms with E-state index in [0.29, 0.717) is 17.9 Å². The van der Waals surface area contributed by atoms with Crippen LogP contribution in [0, 0.1) is 18.3 Å². The summed E-state index contributed by atoms with van der Waals surface area (Å²) in [5, 5.41) is 21.1. The van der Waals surface area contributed by atoms with Gasteiger partial charge in [-0.3, -0.25) is 4.79 Å². The van der Waals surface area contributed by atoms with Gasteiger partial charge in [0, 0.05) is 0 Å². The number of nitriles is 1. The van der Waals surface area contributed by atoms with Crippen molar-refractivity contribution in [3.05, 3.63) is 101 Å². The second-order valence-corrected chi connectivity index (χ2v) is 6.82. The van der Waals surface area contributed by atoms with Crippen LogP contribution in [0.25, 0.3) is 6.08 Å². The lowest BCUT2D eigenvalue weighted by Gasteiger charge is -2.08. The number of rotatable bonds is 7. The Labute approximate surface area is 180 Å². The fourth-order valence-electron chi connectivity index (χ4n) is 2.79. The molecule has 0 saturated carbocycles. The molecule has 2 N–H and O–H groups in total. The summed E-state index contributed by atoms with van der Waals surface area (Å²) in [6, 6.07) is 22.9. The molecule has 0 aliphatic heterocycles. The minimum atomic E-state index is -1.17. The van der Waals surface area contributed by atoms with Crippen LogP contribution in [0.2, 0.25) is 0 Å². The summed E-state index contributed by atoms with van der Waals surface area (Å²) in [6.45, 7) is 2.46. The van der Waals surface area contributed by atoms with Gasteiger partial charge in [0.25, 0.3) is 5.91 Å². The number of amides is 1. The van der Waals surface area contributed by atoms with E-state index in [4.69, 9.17) is 4.74 Å². The van der Waals surface area contributed by atoms with Gasteiger partial charge in [-0.25, -0.2) is 4.79 Å². The van der Waals surface area contributed by atoms with Crippen molar-refractivity contribution in [2.45, 2.75) is 13.5 Å². The predicted molar refractivity (Wildman–Crippen MR) is 118 cm³/mol. The molecule has 0 fully saturated rings. The summed E-state index contributed by atoms with van der Waals surface area (Å²) >= 11 is 0. The number of hydrogen-bond donors (Lipinski definition) is 2. The van der Waals surface area contributed by atoms with Crippen LogP contribution in [-0.2, 0) is 11.4 Å². The lowest BCUT2D eigenvalue weighted by molar-refractivity contribution is -0.112. The van der Waals surface area contributed by atoms with E-state index in [1.807, 2.05) is 37.3 Å². The number of benzene rings is 3. The number of carbonyl (C=O) groups excluding carboxylic acids is 1. The number of ether oxygens (including phenoxy) is 1. The molecule has 0 aliphatic rings. The van der Waals surface area contributed by atoms with Crippen molar-refractivity contribution in [2.24, 2.45) is 0 Å². The monoisotopic (exact) mass is 412 g/mol. The Morgan fingerprint density at radius 2 is 1.71 bits per heavy atom. The molecule has 3 aromatic rings. The molecule has 0 unspecified atom stereocenters. The van der Waals surface area contributed by atoms with Crippen molar-refractivity contribution in [1.29, 1.82) is 5.26 Å². The van der Waals surface area contributed by atoms with Crippen molar-refractivity contribution in [3.63, 3.8) is 0 Å². The van der Waals surface area contributed by atoms with Gasteiger partial charge in [-0.1, -0.05) is 54.1 Å². The van der Waals surface area contributed by atoms with E-state index < -0.39 is 11.9 Å². The number of nitrogens with zero attached hydrogens (tertiary/aromatic N) is 1. The van der Waals surface area contributed by atoms with Crippen molar-refractivity contribution in [2.75, 3.05) is 5.32 Å². The van der Waals surface area contributed by atoms with Gasteiger partial charge in [0.1, 0.15) is 24.0 Å². The zero-order valence-electron chi connectivity index (χ0n) is 16.8. The maximum atomic E-state index is 12.5. The van der Waals surface area contributed by atoms with Gasteiger partial charge in [-0.05, 0) is 48.4 Å². The van der Waals surface area contributed by atoms with Gasteiger partial charge in [0.05, 0.1) is 11.3 Å². The van der Waals surface area contributed by atoms with Crippen molar-refractivity contribution < 1.29 is 19.4 Å². The first-order valence-electron chi connectivity index (χ1n) is 9.50. The maximum absolute atomic E-state index is 12.5. The number of carboxylic acids is 1. The Morgan fingerprint density at radius 1 is 1.03 bits per heavy atom. The second-order valence-electron chi connectivity index (χ2n) is 6.82. The largest absolute Gasteiger partial charge is 0.489 e. The van der Waals surface area contributed by atoms with Crippen LogP contribution >= 0.6 is 0 Å². The number of carboxylic acid groups (broad SMARTS) is 1. The molecule has 0 saturated heterocycles. The van der Waals surface area contributed by atoms with Crippen LogP contribution in [0.1, 0.15) is 27.0 Å². The Hall–Kier alpha value is -4.37. The van der Waals surface area contributed by atoms with Crippen molar-refractivity contribution in [3.8, 4) is 11.8 Å². The van der Waals surface area contributed by atoms with E-state index in [-0.39, 0.29) is 16.8 Å². The molecule has 0 aliphatic carbocycles. The quantitative estimate of drug-likeness (QED) is 0.428. The van der Waals surface area contributed by atoms with Gasteiger partial charge in [-0.2, -0.15) is 5.26 Å². The van der Waals surface area contributed by atoms with E-state index in [1.54, 1.807) is 36.4 Å². The summed E-state index contributed by atoms with van der Waals surface area (Å²) in [5.41, 5.74) is 2.81. The van der Waals surface area contributed by atoms with E-state index >= 15 is 0 Å². The molecule has 1 amide bonds. The molecule has 31 heavy (non-hydrogen) atoms. The lowest BCUT2D eigenvalue weighted by atomic mass is 10.1. The first-order chi connectivity index (χ1) is 15.0. The van der Waals surface area contributed by atoms with Gasteiger partial charge in [0.15, 0.2) is 0 Å². The summed E-state index contributed by atoms with van der Waals surface area (Å²) < 4.78 is 5.76. The van der Waals surface area contributed by atoms with Crippen LogP contribution in [0.15, 0.2) is 78.4 Å². The van der Waals surface area contributed by atoms with E-state index in [9.17, 15) is 20.0 Å². The topological polar surface area (TPSA) is 99.4 Å². The van der Waals surface area contributed by atoms with Crippen LogP contribution < -0.4 is 10.1 Å². The molecule has 0 spiro atoms. The minimum Gasteiger partial charge on any atom is -0.489 e. The predicted octanol–water partition coefficient (Wildman–Crippen LogP) is 4.82. The fourth-order valence-corrected chi connectivity index (χ4v) is 2.79. The number of aryl methyl sites for hydroxylation is 1. The first kappa shape index (κ1) is 21.3. The minimum absolute atomic E-state index is 0.0526. The first-order valence-corrected chi connectivity index (χ1v) is 9.50. The highest BCUT2D eigenvalue weighted by molar-refractivity contribution is 6.11. The number of hydrogen-bond acceptors (Lipinski definition) is 4. The van der Waals surface area contributed by atoms with Crippen molar-refractivity contribution >= 4 is 23.6 Å². The Balaban J connectivity index is 1.68. The number of aromatic carboxylic acids is 1. The van der Waals surface area contributed by atoms with Gasteiger partial charge >= 0.3 is 5.97 Å². The number of carbonyl (C=O) groups is 2. The molecule has 0 atom stereocenters. The van der Waals surface area contributed by atoms with Crippen LogP contribution in [0.4, 0.5) is 5.69 Å². The highest BCUT2D eigenvalue weighted by atomic mass is 16.5. The molecular formula is C25H20N2O4. The summed E-state index contributed by atoms with van der Waals surface area (Å²) in [6.07, 6.45) is 1.43. The van der Waals surface area contributed by atoms with Crippen molar-refractivity contribution in [1.82, 2.24) is 0 Å². The fraction of sp³-hybridized carbons (Fsp3) is 0.0800. The smallest absolute Gasteiger partial charge is 0.337 e. The molecule has 0 heterocycles. The van der Waals surface area contributed by atoms with Gasteiger partial charge in [0.2, 0.25) is 0 Å². The summed E-state index contributed by atoms with van der Waals surface area (Å²) in [4.78, 5) is 23.7. The number of nitrogens with one attached hydrogen (secondary N) is 1. The van der Waals surface area contributed by atoms with E-state index in [1.165, 1.54) is 23.8 Å². The third-order valence-electron chi connectivity index (χ3n) is 4.49. The van der Waals surface area contributed by atoms with E-state index in [2.05, 4.69) is 5.32 Å². The third-order valence-corrected chi connectivity index (χ3v) is 4.49. The SMILES string of the molecule is Cc1ccc(COc2ccc(/C=C(\C#N)C(=O)Nc3ccccc3C(=O)O)cc2)cc1. The zero-order valence-corrected chi connectivity index (χ0v) is 16.8. The molecular weight excluding hydrogens is 392 g/mol. The number of para-hydroxylation sites is 1. The molecule has 0 radical (unpaired) electrons. The molecule has 3 aromatic carbocycles. The van der Waals surface area contributed by atoms with Gasteiger partial charge in [-0.15, -0.1) is 0 Å². The molecule has 0 bridgehead atoms. The van der Waals surface area contributed by atoms with E-state index in [0.717, 1.165) is 5.56 Å². The normalized spacial score (nSPS) is 10.8. The summed E-state index contributed by atoms with van der Waals surface area (Å²) in [5.74, 6) is -1.19. The zero-order chi connectivity index (χ0) is 22.2. The molecule has 6 heteroatoms. The average molecular weight is 412 g/mol. The van der Waals surface area contributed by atoms with Crippen LogP contribution in [-0.4, -0.2) is 17.0 Å². The lowest BCUT2D eigenvalue weighted by Crippen LogP contribution is -2.16. The second kappa shape index (κ2) is 9.90. The van der Waals surface area contributed by atoms with Crippen LogP contribution in [0.5, 0.6) is 5.75 Å². The molecule has 154 valence electrons. The summed E-state index contributed by atoms with van der Waals surface area (Å²) in [7, 11) is 0. The maximum Gasteiger partial charge on any atom is 0.337 e. The van der Waals surface area contributed by atoms with Gasteiger partial charge < -0.3 is 15.2 Å². The Bertz CT molecular complexity index is 1160. The molecule has 0 aromatic heterocycles. The third kappa shape index (κ3) is 5.81. The van der Waals surface area contributed by atoms with Crippen LogP contribution in [0.3, 0.4) is 0 Å². The highest BCUT2D eigenvalue weighted by Crippen LogP contribution is 2.19. The average Bonchev–Trinajstić information content (AvgIpc) is 2.78. The molecule has 3 rings (SSSR count). The Morgan fingerprint density at radius 3 is 2.35 bits per heavy atom. The highest BCUT2D eigenvalue weighted by Gasteiger charge is 2.14. The standard InChI is InChI=1S/C25H20N2O4/c1-17-6-8-19(9-7-17)16-31-21-12-10-18(11-13-21)14-20(15-26)24(28)27-23-5-3-2-4-22(23)25(29)30/h2-14H,16H2,1H3,(H,27,28)(H,29,30)/b20-14+. The Kier molecular flexibility index (Phi) is 6.82.